The Labute approximate surface area is 137 Å². The van der Waals surface area contributed by atoms with E-state index in [-0.39, 0.29) is 24.4 Å². The van der Waals surface area contributed by atoms with Crippen LogP contribution in [-0.4, -0.2) is 31.7 Å². The number of carbonyl (C=O) groups excluding carboxylic acids is 1. The summed E-state index contributed by atoms with van der Waals surface area (Å²) < 4.78 is 5.48. The van der Waals surface area contributed by atoms with Gasteiger partial charge < -0.3 is 15.4 Å². The molecule has 1 aromatic rings. The van der Waals surface area contributed by atoms with Gasteiger partial charge >= 0.3 is 0 Å². The molecule has 1 fully saturated rings. The number of halogens is 2. The summed E-state index contributed by atoms with van der Waals surface area (Å²) in [6, 6.07) is 7.64. The normalized spacial score (nSPS) is 19.4. The van der Waals surface area contributed by atoms with Crippen molar-refractivity contribution in [3.8, 4) is 0 Å². The van der Waals surface area contributed by atoms with Crippen molar-refractivity contribution in [3.63, 3.8) is 0 Å². The summed E-state index contributed by atoms with van der Waals surface area (Å²) in [5.41, 5.74) is 1.08. The van der Waals surface area contributed by atoms with Gasteiger partial charge in [-0.1, -0.05) is 37.1 Å². The van der Waals surface area contributed by atoms with Gasteiger partial charge in [-0.2, -0.15) is 0 Å². The monoisotopic (exact) mass is 332 g/mol. The fourth-order valence-corrected chi connectivity index (χ4v) is 2.43. The zero-order valence-corrected chi connectivity index (χ0v) is 13.7. The molecule has 1 aromatic carbocycles. The molecule has 0 aliphatic carbocycles. The number of hydrogen-bond acceptors (Lipinski definition) is 3. The van der Waals surface area contributed by atoms with Gasteiger partial charge in [0.1, 0.15) is 6.10 Å². The Balaban J connectivity index is 0.00000220. The van der Waals surface area contributed by atoms with Gasteiger partial charge in [0, 0.05) is 18.1 Å². The molecule has 2 unspecified atom stereocenters. The summed E-state index contributed by atoms with van der Waals surface area (Å²) in [4.78, 5) is 12.2. The molecule has 1 amide bonds. The quantitative estimate of drug-likeness (QED) is 0.871. The van der Waals surface area contributed by atoms with Crippen LogP contribution in [-0.2, 0) is 9.53 Å². The maximum atomic E-state index is 12.2. The van der Waals surface area contributed by atoms with Gasteiger partial charge in [-0.15, -0.1) is 12.4 Å². The first-order valence-corrected chi connectivity index (χ1v) is 7.46. The zero-order chi connectivity index (χ0) is 14.4. The van der Waals surface area contributed by atoms with Crippen LogP contribution in [0.5, 0.6) is 0 Å². The van der Waals surface area contributed by atoms with E-state index >= 15 is 0 Å². The van der Waals surface area contributed by atoms with Crippen molar-refractivity contribution in [2.45, 2.75) is 31.9 Å². The highest BCUT2D eigenvalue weighted by atomic mass is 35.5. The van der Waals surface area contributed by atoms with E-state index in [2.05, 4.69) is 17.6 Å². The molecule has 2 atom stereocenters. The second-order valence-electron chi connectivity index (χ2n) is 4.96. The minimum absolute atomic E-state index is 0. The number of amides is 1. The summed E-state index contributed by atoms with van der Waals surface area (Å²) in [5.74, 6) is -0.0504. The van der Waals surface area contributed by atoms with Gasteiger partial charge in [0.25, 0.3) is 5.91 Å². The first-order chi connectivity index (χ1) is 9.70. The average molecular weight is 333 g/mol. The van der Waals surface area contributed by atoms with E-state index in [0.29, 0.717) is 18.2 Å². The van der Waals surface area contributed by atoms with E-state index in [1.165, 1.54) is 0 Å². The summed E-state index contributed by atoms with van der Waals surface area (Å²) in [6.07, 6.45) is 1.50. The lowest BCUT2D eigenvalue weighted by molar-refractivity contribution is -0.135. The predicted octanol–water partition coefficient (Wildman–Crippen LogP) is 2.71. The highest BCUT2D eigenvalue weighted by Crippen LogP contribution is 2.21. The standard InChI is InChI=1S/C15H21ClN2O2.ClH/c1-2-3-13(11-4-6-12(16)7-5-11)18-15(19)14-10-17-8-9-20-14;/h4-7,13-14,17H,2-3,8-10H2,1H3,(H,18,19);1H. The van der Waals surface area contributed by atoms with Crippen molar-refractivity contribution < 1.29 is 9.53 Å². The second kappa shape index (κ2) is 9.26. The Hall–Kier alpha value is -0.810. The predicted molar refractivity (Wildman–Crippen MR) is 87.1 cm³/mol. The minimum Gasteiger partial charge on any atom is -0.366 e. The molecule has 1 aliphatic heterocycles. The average Bonchev–Trinajstić information content (AvgIpc) is 2.48. The molecule has 0 aromatic heterocycles. The zero-order valence-electron chi connectivity index (χ0n) is 12.1. The van der Waals surface area contributed by atoms with E-state index in [1.54, 1.807) is 0 Å². The molecule has 1 aliphatic rings. The number of hydrogen-bond donors (Lipinski definition) is 2. The van der Waals surface area contributed by atoms with Crippen molar-refractivity contribution in [1.82, 2.24) is 10.6 Å². The molecular formula is C15H22Cl2N2O2. The van der Waals surface area contributed by atoms with E-state index in [1.807, 2.05) is 24.3 Å². The Morgan fingerprint density at radius 2 is 2.19 bits per heavy atom. The topological polar surface area (TPSA) is 50.4 Å². The molecule has 0 spiro atoms. The summed E-state index contributed by atoms with van der Waals surface area (Å²) in [5, 5.41) is 6.95. The minimum atomic E-state index is -0.393. The first-order valence-electron chi connectivity index (χ1n) is 7.09. The van der Waals surface area contributed by atoms with Crippen LogP contribution in [0.1, 0.15) is 31.4 Å². The van der Waals surface area contributed by atoms with Crippen molar-refractivity contribution >= 4 is 29.9 Å². The molecule has 0 radical (unpaired) electrons. The van der Waals surface area contributed by atoms with Crippen LogP contribution >= 0.6 is 24.0 Å². The van der Waals surface area contributed by atoms with E-state index in [9.17, 15) is 4.79 Å². The summed E-state index contributed by atoms with van der Waals surface area (Å²) in [7, 11) is 0. The van der Waals surface area contributed by atoms with Crippen LogP contribution in [0.2, 0.25) is 5.02 Å². The molecule has 0 bridgehead atoms. The maximum absolute atomic E-state index is 12.2. The van der Waals surface area contributed by atoms with Gasteiger partial charge in [-0.05, 0) is 24.1 Å². The molecule has 1 saturated heterocycles. The molecule has 21 heavy (non-hydrogen) atoms. The van der Waals surface area contributed by atoms with E-state index in [4.69, 9.17) is 16.3 Å². The Kier molecular flexibility index (Phi) is 8.04. The van der Waals surface area contributed by atoms with Crippen molar-refractivity contribution in [3.05, 3.63) is 34.9 Å². The lowest BCUT2D eigenvalue weighted by Crippen LogP contribution is -2.48. The Morgan fingerprint density at radius 1 is 1.48 bits per heavy atom. The van der Waals surface area contributed by atoms with E-state index in [0.717, 1.165) is 24.9 Å². The van der Waals surface area contributed by atoms with Gasteiger partial charge in [-0.3, -0.25) is 4.79 Å². The Bertz CT molecular complexity index is 434. The lowest BCUT2D eigenvalue weighted by atomic mass is 10.0. The second-order valence-corrected chi connectivity index (χ2v) is 5.40. The molecule has 2 rings (SSSR count). The maximum Gasteiger partial charge on any atom is 0.250 e. The van der Waals surface area contributed by atoms with Gasteiger partial charge in [0.2, 0.25) is 0 Å². The number of morpholine rings is 1. The fourth-order valence-electron chi connectivity index (χ4n) is 2.30. The lowest BCUT2D eigenvalue weighted by Gasteiger charge is -2.26. The smallest absolute Gasteiger partial charge is 0.250 e. The number of carbonyl (C=O) groups is 1. The van der Waals surface area contributed by atoms with Crippen LogP contribution in [0.3, 0.4) is 0 Å². The molecule has 118 valence electrons. The molecule has 1 heterocycles. The van der Waals surface area contributed by atoms with Gasteiger partial charge in [-0.25, -0.2) is 0 Å². The van der Waals surface area contributed by atoms with Crippen molar-refractivity contribution in [1.29, 1.82) is 0 Å². The van der Waals surface area contributed by atoms with Crippen LogP contribution in [0.15, 0.2) is 24.3 Å². The number of rotatable bonds is 5. The molecule has 0 saturated carbocycles. The third-order valence-corrected chi connectivity index (χ3v) is 3.64. The third kappa shape index (κ3) is 5.47. The molecule has 4 nitrogen and oxygen atoms in total. The molecule has 2 N–H and O–H groups in total. The van der Waals surface area contributed by atoms with Gasteiger partial charge in [0.05, 0.1) is 12.6 Å². The van der Waals surface area contributed by atoms with Crippen LogP contribution < -0.4 is 10.6 Å². The summed E-state index contributed by atoms with van der Waals surface area (Å²) >= 11 is 5.91. The van der Waals surface area contributed by atoms with Crippen molar-refractivity contribution in [2.75, 3.05) is 19.7 Å². The number of benzene rings is 1. The highest BCUT2D eigenvalue weighted by Gasteiger charge is 2.24. The van der Waals surface area contributed by atoms with Gasteiger partial charge in [0.15, 0.2) is 0 Å². The van der Waals surface area contributed by atoms with Crippen LogP contribution in [0.25, 0.3) is 0 Å². The van der Waals surface area contributed by atoms with Crippen LogP contribution in [0, 0.1) is 0 Å². The van der Waals surface area contributed by atoms with E-state index < -0.39 is 6.10 Å². The Morgan fingerprint density at radius 3 is 2.76 bits per heavy atom. The summed E-state index contributed by atoms with van der Waals surface area (Å²) in [6.45, 7) is 4.07. The number of nitrogens with one attached hydrogen (secondary N) is 2. The molecular weight excluding hydrogens is 311 g/mol. The van der Waals surface area contributed by atoms with Crippen LogP contribution in [0.4, 0.5) is 0 Å². The third-order valence-electron chi connectivity index (χ3n) is 3.39. The molecule has 6 heteroatoms. The SMILES string of the molecule is CCCC(NC(=O)C1CNCCO1)c1ccc(Cl)cc1.Cl. The number of ether oxygens (including phenoxy) is 1. The highest BCUT2D eigenvalue weighted by molar-refractivity contribution is 6.30. The first kappa shape index (κ1) is 18.2. The van der Waals surface area contributed by atoms with Crippen molar-refractivity contribution in [2.24, 2.45) is 0 Å². The fraction of sp³-hybridized carbons (Fsp3) is 0.533. The largest absolute Gasteiger partial charge is 0.366 e.